The highest BCUT2D eigenvalue weighted by Crippen LogP contribution is 2.24. The van der Waals surface area contributed by atoms with Crippen molar-refractivity contribution in [1.29, 1.82) is 0 Å². The summed E-state index contributed by atoms with van der Waals surface area (Å²) in [5.41, 5.74) is 0.950. The van der Waals surface area contributed by atoms with Crippen LogP contribution in [0.4, 0.5) is 5.82 Å². The highest BCUT2D eigenvalue weighted by molar-refractivity contribution is 5.73. The van der Waals surface area contributed by atoms with Gasteiger partial charge in [-0.15, -0.1) is 5.11 Å². The number of fused-ring (bicyclic) bond motifs is 1. The Balaban J connectivity index is 2.19. The summed E-state index contributed by atoms with van der Waals surface area (Å²) in [6.45, 7) is 7.05. The number of nitrogens with zero attached hydrogens (tertiary/aromatic N) is 5. The molecule has 0 aromatic carbocycles. The lowest BCUT2D eigenvalue weighted by Crippen LogP contribution is -2.23. The molecule has 0 spiro atoms. The highest BCUT2D eigenvalue weighted by Gasteiger charge is 2.19. The zero-order valence-corrected chi connectivity index (χ0v) is 9.71. The van der Waals surface area contributed by atoms with Crippen molar-refractivity contribution in [2.45, 2.75) is 33.9 Å². The molecule has 1 aliphatic heterocycles. The lowest BCUT2D eigenvalue weighted by Gasteiger charge is -2.15. The molecule has 16 heavy (non-hydrogen) atoms. The normalized spacial score (nSPS) is 14.4. The molecule has 2 heterocycles. The standard InChI is InChI=1S/C10H15N5O/c1-7(2)4-14-5-9-6-15(8(3)16)13-11-10(9)12-14/h5,7H,4,6H2,1-3H3. The van der Waals surface area contributed by atoms with Crippen LogP contribution in [0.25, 0.3) is 0 Å². The molecule has 6 heteroatoms. The third-order valence-electron chi connectivity index (χ3n) is 2.30. The molecule has 0 atom stereocenters. The van der Waals surface area contributed by atoms with Gasteiger partial charge in [0.2, 0.25) is 11.7 Å². The number of aromatic nitrogens is 2. The summed E-state index contributed by atoms with van der Waals surface area (Å²) in [5, 5.41) is 13.4. The van der Waals surface area contributed by atoms with Crippen LogP contribution in [0, 0.1) is 5.92 Å². The molecule has 1 aromatic rings. The molecule has 1 aromatic heterocycles. The fourth-order valence-corrected chi connectivity index (χ4v) is 1.58. The quantitative estimate of drug-likeness (QED) is 0.765. The van der Waals surface area contributed by atoms with Gasteiger partial charge < -0.3 is 0 Å². The van der Waals surface area contributed by atoms with Gasteiger partial charge in [-0.05, 0) is 5.92 Å². The third-order valence-corrected chi connectivity index (χ3v) is 2.30. The van der Waals surface area contributed by atoms with Crippen molar-refractivity contribution in [3.05, 3.63) is 11.8 Å². The van der Waals surface area contributed by atoms with Gasteiger partial charge in [0.1, 0.15) is 0 Å². The topological polar surface area (TPSA) is 62.9 Å². The Hall–Kier alpha value is -1.72. The number of hydrogen-bond donors (Lipinski definition) is 0. The maximum absolute atomic E-state index is 11.1. The van der Waals surface area contributed by atoms with Gasteiger partial charge in [-0.3, -0.25) is 9.48 Å². The average molecular weight is 221 g/mol. The average Bonchev–Trinajstić information content (AvgIpc) is 2.56. The predicted octanol–water partition coefficient (Wildman–Crippen LogP) is 1.90. The van der Waals surface area contributed by atoms with Crippen molar-refractivity contribution >= 4 is 11.7 Å². The van der Waals surface area contributed by atoms with Gasteiger partial charge in [0, 0.05) is 25.2 Å². The van der Waals surface area contributed by atoms with Crippen molar-refractivity contribution in [1.82, 2.24) is 14.8 Å². The summed E-state index contributed by atoms with van der Waals surface area (Å²) in [7, 11) is 0. The largest absolute Gasteiger partial charge is 0.273 e. The van der Waals surface area contributed by atoms with Crippen molar-refractivity contribution in [3.8, 4) is 0 Å². The predicted molar refractivity (Wildman–Crippen MR) is 57.8 cm³/mol. The van der Waals surface area contributed by atoms with E-state index in [1.165, 1.54) is 11.9 Å². The minimum atomic E-state index is -0.106. The van der Waals surface area contributed by atoms with E-state index in [1.54, 1.807) is 0 Å². The summed E-state index contributed by atoms with van der Waals surface area (Å²) in [6.07, 6.45) is 1.93. The molecule has 0 unspecified atom stereocenters. The molecular weight excluding hydrogens is 206 g/mol. The van der Waals surface area contributed by atoms with E-state index in [2.05, 4.69) is 29.3 Å². The van der Waals surface area contributed by atoms with Gasteiger partial charge >= 0.3 is 0 Å². The first-order valence-electron chi connectivity index (χ1n) is 5.32. The smallest absolute Gasteiger partial charge is 0.241 e. The van der Waals surface area contributed by atoms with Gasteiger partial charge in [-0.1, -0.05) is 19.1 Å². The van der Waals surface area contributed by atoms with Gasteiger partial charge in [0.15, 0.2) is 0 Å². The van der Waals surface area contributed by atoms with E-state index in [9.17, 15) is 4.79 Å². The number of rotatable bonds is 2. The van der Waals surface area contributed by atoms with Gasteiger partial charge in [-0.25, -0.2) is 5.01 Å². The first-order valence-corrected chi connectivity index (χ1v) is 5.32. The number of carbonyl (C=O) groups excluding carboxylic acids is 1. The summed E-state index contributed by atoms with van der Waals surface area (Å²) < 4.78 is 1.86. The van der Waals surface area contributed by atoms with Crippen LogP contribution in [0.3, 0.4) is 0 Å². The summed E-state index contributed by atoms with van der Waals surface area (Å²) in [5.74, 6) is 1.05. The van der Waals surface area contributed by atoms with Crippen molar-refractivity contribution in [3.63, 3.8) is 0 Å². The van der Waals surface area contributed by atoms with Crippen molar-refractivity contribution in [2.75, 3.05) is 0 Å². The molecule has 0 fully saturated rings. The second kappa shape index (κ2) is 4.03. The molecule has 86 valence electrons. The molecule has 1 aliphatic rings. The molecule has 0 N–H and O–H groups in total. The van der Waals surface area contributed by atoms with E-state index in [0.717, 1.165) is 12.1 Å². The minimum Gasteiger partial charge on any atom is -0.273 e. The van der Waals surface area contributed by atoms with Gasteiger partial charge in [-0.2, -0.15) is 5.10 Å². The van der Waals surface area contributed by atoms with Crippen LogP contribution in [0.1, 0.15) is 26.3 Å². The highest BCUT2D eigenvalue weighted by atomic mass is 16.2. The Morgan fingerprint density at radius 2 is 2.31 bits per heavy atom. The molecule has 0 bridgehead atoms. The summed E-state index contributed by atoms with van der Waals surface area (Å²) in [4.78, 5) is 11.1. The molecular formula is C10H15N5O. The van der Waals surface area contributed by atoms with Crippen molar-refractivity contribution < 1.29 is 4.79 Å². The second-order valence-electron chi connectivity index (χ2n) is 4.36. The third kappa shape index (κ3) is 2.10. The van der Waals surface area contributed by atoms with Gasteiger partial charge in [0.25, 0.3) is 0 Å². The van der Waals surface area contributed by atoms with Crippen LogP contribution in [0.5, 0.6) is 0 Å². The Morgan fingerprint density at radius 1 is 1.56 bits per heavy atom. The van der Waals surface area contributed by atoms with E-state index >= 15 is 0 Å². The molecule has 1 amide bonds. The zero-order valence-electron chi connectivity index (χ0n) is 9.71. The maximum Gasteiger partial charge on any atom is 0.241 e. The molecule has 6 nitrogen and oxygen atoms in total. The van der Waals surface area contributed by atoms with Crippen LogP contribution in [-0.4, -0.2) is 20.7 Å². The number of amides is 1. The van der Waals surface area contributed by atoms with E-state index in [4.69, 9.17) is 0 Å². The monoisotopic (exact) mass is 221 g/mol. The minimum absolute atomic E-state index is 0.106. The fraction of sp³-hybridized carbons (Fsp3) is 0.600. The van der Waals surface area contributed by atoms with Gasteiger partial charge in [0.05, 0.1) is 6.54 Å². The van der Waals surface area contributed by atoms with E-state index in [-0.39, 0.29) is 5.91 Å². The molecule has 0 saturated heterocycles. The second-order valence-corrected chi connectivity index (χ2v) is 4.36. The Kier molecular flexibility index (Phi) is 2.72. The van der Waals surface area contributed by atoms with E-state index in [1.807, 2.05) is 10.9 Å². The van der Waals surface area contributed by atoms with E-state index in [0.29, 0.717) is 18.3 Å². The fourth-order valence-electron chi connectivity index (χ4n) is 1.58. The van der Waals surface area contributed by atoms with Crippen LogP contribution in [0.15, 0.2) is 16.5 Å². The Bertz CT molecular complexity index is 434. The first kappa shape index (κ1) is 10.8. The number of carbonyl (C=O) groups is 1. The summed E-state index contributed by atoms with van der Waals surface area (Å²) in [6, 6.07) is 0. The van der Waals surface area contributed by atoms with Crippen LogP contribution >= 0.6 is 0 Å². The molecule has 2 rings (SSSR count). The Morgan fingerprint density at radius 3 is 2.94 bits per heavy atom. The molecule has 0 radical (unpaired) electrons. The SMILES string of the molecule is CC(=O)N1Cc2cn(CC(C)C)nc2N=N1. The zero-order chi connectivity index (χ0) is 11.7. The maximum atomic E-state index is 11.1. The number of hydrogen-bond acceptors (Lipinski definition) is 4. The van der Waals surface area contributed by atoms with Crippen LogP contribution < -0.4 is 0 Å². The van der Waals surface area contributed by atoms with Crippen molar-refractivity contribution in [2.24, 2.45) is 16.3 Å². The summed E-state index contributed by atoms with van der Waals surface area (Å²) >= 11 is 0. The lowest BCUT2D eigenvalue weighted by atomic mass is 10.2. The Labute approximate surface area is 93.9 Å². The van der Waals surface area contributed by atoms with E-state index < -0.39 is 0 Å². The lowest BCUT2D eigenvalue weighted by molar-refractivity contribution is -0.130. The molecule has 0 aliphatic carbocycles. The van der Waals surface area contributed by atoms with Crippen LogP contribution in [-0.2, 0) is 17.9 Å². The first-order chi connectivity index (χ1) is 7.56. The molecule has 0 saturated carbocycles. The van der Waals surface area contributed by atoms with Crippen LogP contribution in [0.2, 0.25) is 0 Å².